The number of aliphatic hydroxyl groups excluding tert-OH is 1. The molecule has 4 nitrogen and oxygen atoms in total. The number of hydrogen-bond donors (Lipinski definition) is 1. The molecule has 0 atom stereocenters. The van der Waals surface area contributed by atoms with Gasteiger partial charge in [-0.1, -0.05) is 6.07 Å². The van der Waals surface area contributed by atoms with Crippen molar-refractivity contribution in [2.24, 2.45) is 0 Å². The van der Waals surface area contributed by atoms with E-state index in [2.05, 4.69) is 4.90 Å². The first-order valence-corrected chi connectivity index (χ1v) is 6.51. The number of piperazine rings is 1. The van der Waals surface area contributed by atoms with Crippen molar-refractivity contribution in [1.82, 2.24) is 4.90 Å². The van der Waals surface area contributed by atoms with Crippen LogP contribution < -0.4 is 4.90 Å². The van der Waals surface area contributed by atoms with E-state index in [-0.39, 0.29) is 18.2 Å². The lowest BCUT2D eigenvalue weighted by molar-refractivity contribution is 0.101. The van der Waals surface area contributed by atoms with Crippen LogP contribution in [-0.4, -0.2) is 55.1 Å². The number of carbonyl (C=O) groups is 1. The second kappa shape index (κ2) is 6.12. The molecule has 104 valence electrons. The minimum Gasteiger partial charge on any atom is -0.395 e. The summed E-state index contributed by atoms with van der Waals surface area (Å²) in [5.41, 5.74) is 0.856. The van der Waals surface area contributed by atoms with E-state index in [0.717, 1.165) is 13.1 Å². The van der Waals surface area contributed by atoms with Crippen LogP contribution in [0.3, 0.4) is 0 Å². The number of β-amino-alcohol motifs (C(OH)–C–C–N with tert-alkyl or cyclic N) is 1. The molecule has 0 amide bonds. The van der Waals surface area contributed by atoms with Gasteiger partial charge in [0.2, 0.25) is 0 Å². The molecule has 0 aliphatic carbocycles. The number of ketones is 1. The van der Waals surface area contributed by atoms with E-state index in [0.29, 0.717) is 30.9 Å². The molecular weight excluding hydrogens is 247 g/mol. The molecule has 0 unspecified atom stereocenters. The van der Waals surface area contributed by atoms with Gasteiger partial charge in [-0.15, -0.1) is 0 Å². The van der Waals surface area contributed by atoms with Gasteiger partial charge in [-0.05, 0) is 19.1 Å². The number of carbonyl (C=O) groups excluding carboxylic acids is 1. The molecule has 0 bridgehead atoms. The largest absolute Gasteiger partial charge is 0.395 e. The molecule has 19 heavy (non-hydrogen) atoms. The Morgan fingerprint density at radius 1 is 1.32 bits per heavy atom. The fourth-order valence-electron chi connectivity index (χ4n) is 2.46. The Morgan fingerprint density at radius 2 is 2.00 bits per heavy atom. The van der Waals surface area contributed by atoms with Gasteiger partial charge in [0, 0.05) is 38.3 Å². The third-order valence-electron chi connectivity index (χ3n) is 3.47. The van der Waals surface area contributed by atoms with Crippen molar-refractivity contribution in [2.75, 3.05) is 44.2 Å². The van der Waals surface area contributed by atoms with Crippen LogP contribution in [-0.2, 0) is 0 Å². The molecule has 0 spiro atoms. The maximum Gasteiger partial charge on any atom is 0.161 e. The normalized spacial score (nSPS) is 16.7. The average Bonchev–Trinajstić information content (AvgIpc) is 2.40. The third-order valence-corrected chi connectivity index (χ3v) is 3.47. The van der Waals surface area contributed by atoms with Gasteiger partial charge in [0.1, 0.15) is 5.82 Å². The van der Waals surface area contributed by atoms with Crippen molar-refractivity contribution in [2.45, 2.75) is 6.92 Å². The number of aliphatic hydroxyl groups is 1. The number of benzene rings is 1. The molecule has 0 saturated carbocycles. The Kier molecular flexibility index (Phi) is 4.50. The van der Waals surface area contributed by atoms with Gasteiger partial charge in [0.15, 0.2) is 5.78 Å². The smallest absolute Gasteiger partial charge is 0.161 e. The van der Waals surface area contributed by atoms with Gasteiger partial charge in [-0.3, -0.25) is 9.69 Å². The highest BCUT2D eigenvalue weighted by Crippen LogP contribution is 2.26. The van der Waals surface area contributed by atoms with Gasteiger partial charge < -0.3 is 10.0 Å². The molecule has 2 rings (SSSR count). The molecule has 1 aromatic rings. The van der Waals surface area contributed by atoms with Crippen LogP contribution in [0.1, 0.15) is 17.3 Å². The Bertz CT molecular complexity index is 457. The molecule has 1 aromatic carbocycles. The van der Waals surface area contributed by atoms with Crippen LogP contribution >= 0.6 is 0 Å². The number of halogens is 1. The first-order valence-electron chi connectivity index (χ1n) is 6.51. The monoisotopic (exact) mass is 266 g/mol. The van der Waals surface area contributed by atoms with Crippen molar-refractivity contribution in [3.8, 4) is 0 Å². The van der Waals surface area contributed by atoms with Crippen molar-refractivity contribution >= 4 is 11.5 Å². The highest BCUT2D eigenvalue weighted by molar-refractivity contribution is 5.99. The Morgan fingerprint density at radius 3 is 2.58 bits per heavy atom. The number of hydrogen-bond acceptors (Lipinski definition) is 4. The number of nitrogens with zero attached hydrogens (tertiary/aromatic N) is 2. The van der Waals surface area contributed by atoms with E-state index in [9.17, 15) is 9.18 Å². The van der Waals surface area contributed by atoms with Crippen molar-refractivity contribution in [1.29, 1.82) is 0 Å². The first-order chi connectivity index (χ1) is 9.13. The Labute approximate surface area is 112 Å². The van der Waals surface area contributed by atoms with Crippen LogP contribution in [0.2, 0.25) is 0 Å². The average molecular weight is 266 g/mol. The van der Waals surface area contributed by atoms with E-state index >= 15 is 0 Å². The van der Waals surface area contributed by atoms with E-state index < -0.39 is 0 Å². The summed E-state index contributed by atoms with van der Waals surface area (Å²) in [6.45, 7) is 5.12. The molecule has 0 aromatic heterocycles. The summed E-state index contributed by atoms with van der Waals surface area (Å²) >= 11 is 0. The number of anilines is 1. The lowest BCUT2D eigenvalue weighted by Gasteiger charge is -2.36. The summed E-state index contributed by atoms with van der Waals surface area (Å²) in [5.74, 6) is -0.462. The van der Waals surface area contributed by atoms with Crippen molar-refractivity contribution in [3.05, 3.63) is 29.6 Å². The zero-order valence-electron chi connectivity index (χ0n) is 11.1. The molecule has 1 saturated heterocycles. The fourth-order valence-corrected chi connectivity index (χ4v) is 2.46. The molecule has 1 aliphatic heterocycles. The van der Waals surface area contributed by atoms with Gasteiger partial charge in [-0.25, -0.2) is 4.39 Å². The predicted octanol–water partition coefficient (Wildman–Crippen LogP) is 1.14. The summed E-state index contributed by atoms with van der Waals surface area (Å²) < 4.78 is 14.0. The van der Waals surface area contributed by atoms with Crippen LogP contribution in [0.4, 0.5) is 10.1 Å². The lowest BCUT2D eigenvalue weighted by atomic mass is 10.1. The van der Waals surface area contributed by atoms with E-state index in [1.165, 1.54) is 13.0 Å². The summed E-state index contributed by atoms with van der Waals surface area (Å²) in [6.07, 6.45) is 0. The number of para-hydroxylation sites is 1. The van der Waals surface area contributed by atoms with Gasteiger partial charge in [0.05, 0.1) is 12.3 Å². The molecule has 1 aliphatic rings. The topological polar surface area (TPSA) is 43.8 Å². The second-order valence-electron chi connectivity index (χ2n) is 4.74. The summed E-state index contributed by atoms with van der Waals surface area (Å²) in [6, 6.07) is 4.63. The summed E-state index contributed by atoms with van der Waals surface area (Å²) in [7, 11) is 0. The maximum absolute atomic E-state index is 14.0. The highest BCUT2D eigenvalue weighted by Gasteiger charge is 2.22. The molecule has 1 heterocycles. The van der Waals surface area contributed by atoms with Gasteiger partial charge in [-0.2, -0.15) is 0 Å². The quantitative estimate of drug-likeness (QED) is 0.830. The standard InChI is InChI=1S/C14H19FN2O2/c1-11(19)12-3-2-4-13(15)14(12)17-7-5-16(6-8-17)9-10-18/h2-4,18H,5-10H2,1H3. The number of Topliss-reactive ketones (excluding diaryl/α,β-unsaturated/α-hetero) is 1. The molecule has 1 N–H and O–H groups in total. The highest BCUT2D eigenvalue weighted by atomic mass is 19.1. The van der Waals surface area contributed by atoms with Crippen LogP contribution in [0, 0.1) is 5.82 Å². The maximum atomic E-state index is 14.0. The Balaban J connectivity index is 2.17. The molecular formula is C14H19FN2O2. The Hall–Kier alpha value is -1.46. The molecule has 0 radical (unpaired) electrons. The molecule has 5 heteroatoms. The minimum absolute atomic E-state index is 0.118. The summed E-state index contributed by atoms with van der Waals surface area (Å²) in [5, 5.41) is 8.90. The van der Waals surface area contributed by atoms with Crippen molar-refractivity contribution in [3.63, 3.8) is 0 Å². The SMILES string of the molecule is CC(=O)c1cccc(F)c1N1CCN(CCO)CC1. The fraction of sp³-hybridized carbons (Fsp3) is 0.500. The molecule has 1 fully saturated rings. The van der Waals surface area contributed by atoms with Gasteiger partial charge >= 0.3 is 0 Å². The summed E-state index contributed by atoms with van der Waals surface area (Å²) in [4.78, 5) is 15.6. The third kappa shape index (κ3) is 3.11. The van der Waals surface area contributed by atoms with E-state index in [1.807, 2.05) is 4.90 Å². The second-order valence-corrected chi connectivity index (χ2v) is 4.74. The van der Waals surface area contributed by atoms with Gasteiger partial charge in [0.25, 0.3) is 0 Å². The van der Waals surface area contributed by atoms with E-state index in [1.54, 1.807) is 12.1 Å². The first kappa shape index (κ1) is 14.0. The van der Waals surface area contributed by atoms with Crippen LogP contribution in [0.5, 0.6) is 0 Å². The van der Waals surface area contributed by atoms with E-state index in [4.69, 9.17) is 5.11 Å². The zero-order valence-corrected chi connectivity index (χ0v) is 11.1. The van der Waals surface area contributed by atoms with Crippen LogP contribution in [0.15, 0.2) is 18.2 Å². The lowest BCUT2D eigenvalue weighted by Crippen LogP contribution is -2.47. The minimum atomic E-state index is -0.344. The van der Waals surface area contributed by atoms with Crippen LogP contribution in [0.25, 0.3) is 0 Å². The number of rotatable bonds is 4. The zero-order chi connectivity index (χ0) is 13.8. The van der Waals surface area contributed by atoms with Crippen molar-refractivity contribution < 1.29 is 14.3 Å². The predicted molar refractivity (Wildman–Crippen MR) is 72.1 cm³/mol.